The van der Waals surface area contributed by atoms with E-state index in [0.717, 1.165) is 31.2 Å². The Morgan fingerprint density at radius 1 is 0.760 bits per heavy atom. The van der Waals surface area contributed by atoms with E-state index in [4.69, 9.17) is 4.98 Å². The average Bonchev–Trinajstić information content (AvgIpc) is 2.64. The second kappa shape index (κ2) is 8.21. The Bertz CT molecular complexity index is 629. The molecule has 2 aliphatic carbocycles. The molecule has 2 fully saturated rings. The van der Waals surface area contributed by atoms with Crippen molar-refractivity contribution >= 4 is 11.6 Å². The number of pyridine rings is 1. The number of rotatable bonds is 4. The third kappa shape index (κ3) is 4.04. The molecule has 1 heterocycles. The highest BCUT2D eigenvalue weighted by molar-refractivity contribution is 5.68. The van der Waals surface area contributed by atoms with Crippen molar-refractivity contribution in [1.29, 1.82) is 10.5 Å². The molecule has 0 bridgehead atoms. The molecule has 2 saturated carbocycles. The third-order valence-electron chi connectivity index (χ3n) is 5.56. The lowest BCUT2D eigenvalue weighted by Gasteiger charge is -2.27. The van der Waals surface area contributed by atoms with Gasteiger partial charge in [0.05, 0.1) is 11.1 Å². The molecule has 132 valence electrons. The molecule has 2 N–H and O–H groups in total. The van der Waals surface area contributed by atoms with Gasteiger partial charge in [0.2, 0.25) is 0 Å². The number of nitrogens with one attached hydrogen (secondary N) is 2. The first kappa shape index (κ1) is 17.5. The summed E-state index contributed by atoms with van der Waals surface area (Å²) in [6.45, 7) is 1.86. The molecule has 0 saturated heterocycles. The van der Waals surface area contributed by atoms with Gasteiger partial charge in [-0.15, -0.1) is 0 Å². The fourth-order valence-electron chi connectivity index (χ4n) is 4.07. The van der Waals surface area contributed by atoms with Crippen LogP contribution in [-0.2, 0) is 0 Å². The summed E-state index contributed by atoms with van der Waals surface area (Å²) in [6, 6.07) is 5.27. The molecular weight excluding hydrogens is 310 g/mol. The Labute approximate surface area is 150 Å². The molecule has 0 atom stereocenters. The molecule has 2 aliphatic rings. The average molecular weight is 337 g/mol. The van der Waals surface area contributed by atoms with E-state index in [9.17, 15) is 10.5 Å². The molecule has 0 aliphatic heterocycles. The van der Waals surface area contributed by atoms with E-state index < -0.39 is 0 Å². The van der Waals surface area contributed by atoms with Crippen LogP contribution in [0.15, 0.2) is 0 Å². The Balaban J connectivity index is 1.90. The normalized spacial score (nSPS) is 19.0. The van der Waals surface area contributed by atoms with Crippen LogP contribution in [0, 0.1) is 29.6 Å². The summed E-state index contributed by atoms with van der Waals surface area (Å²) in [5, 5.41) is 26.2. The molecule has 0 spiro atoms. The molecule has 5 nitrogen and oxygen atoms in total. The van der Waals surface area contributed by atoms with Gasteiger partial charge in [-0.1, -0.05) is 38.5 Å². The van der Waals surface area contributed by atoms with E-state index in [1.165, 1.54) is 38.5 Å². The van der Waals surface area contributed by atoms with Gasteiger partial charge in [0.1, 0.15) is 23.8 Å². The van der Waals surface area contributed by atoms with E-state index >= 15 is 0 Å². The molecule has 0 unspecified atom stereocenters. The third-order valence-corrected chi connectivity index (χ3v) is 5.56. The van der Waals surface area contributed by atoms with E-state index in [1.54, 1.807) is 0 Å². The number of nitrogens with zero attached hydrogens (tertiary/aromatic N) is 3. The monoisotopic (exact) mass is 337 g/mol. The lowest BCUT2D eigenvalue weighted by atomic mass is 9.94. The Hall–Kier alpha value is -2.27. The van der Waals surface area contributed by atoms with Crippen molar-refractivity contribution in [2.75, 3.05) is 10.6 Å². The molecule has 0 amide bonds. The standard InChI is InChI=1S/C20H27N5/c1-14-17(12-21)19(23-15-8-4-2-5-9-15)25-20(18(14)13-22)24-16-10-6-3-7-11-16/h15-16H,2-11H2,1H3,(H2,23,24,25). The van der Waals surface area contributed by atoms with Crippen molar-refractivity contribution in [3.05, 3.63) is 16.7 Å². The largest absolute Gasteiger partial charge is 0.366 e. The lowest BCUT2D eigenvalue weighted by molar-refractivity contribution is 0.460. The Morgan fingerprint density at radius 2 is 1.16 bits per heavy atom. The van der Waals surface area contributed by atoms with Crippen LogP contribution in [0.5, 0.6) is 0 Å². The predicted molar refractivity (Wildman–Crippen MR) is 99.4 cm³/mol. The van der Waals surface area contributed by atoms with E-state index in [1.807, 2.05) is 6.92 Å². The smallest absolute Gasteiger partial charge is 0.146 e. The summed E-state index contributed by atoms with van der Waals surface area (Å²) in [6.07, 6.45) is 12.0. The van der Waals surface area contributed by atoms with E-state index in [2.05, 4.69) is 22.8 Å². The first-order valence-electron chi connectivity index (χ1n) is 9.60. The van der Waals surface area contributed by atoms with Crippen molar-refractivity contribution in [2.45, 2.75) is 83.2 Å². The van der Waals surface area contributed by atoms with Crippen LogP contribution < -0.4 is 10.6 Å². The second-order valence-corrected chi connectivity index (χ2v) is 7.37. The van der Waals surface area contributed by atoms with Crippen molar-refractivity contribution in [3.63, 3.8) is 0 Å². The Kier molecular flexibility index (Phi) is 5.76. The van der Waals surface area contributed by atoms with Gasteiger partial charge >= 0.3 is 0 Å². The minimum Gasteiger partial charge on any atom is -0.366 e. The van der Waals surface area contributed by atoms with E-state index in [0.29, 0.717) is 34.8 Å². The van der Waals surface area contributed by atoms with Crippen molar-refractivity contribution in [2.24, 2.45) is 0 Å². The van der Waals surface area contributed by atoms with Gasteiger partial charge in [-0.3, -0.25) is 0 Å². The zero-order chi connectivity index (χ0) is 17.6. The highest BCUT2D eigenvalue weighted by Crippen LogP contribution is 2.30. The minimum atomic E-state index is 0.378. The SMILES string of the molecule is Cc1c(C#N)c(NC2CCCCC2)nc(NC2CCCCC2)c1C#N. The van der Waals surface area contributed by atoms with Crippen LogP contribution in [0.2, 0.25) is 0 Å². The van der Waals surface area contributed by atoms with Gasteiger partial charge in [0.25, 0.3) is 0 Å². The van der Waals surface area contributed by atoms with E-state index in [-0.39, 0.29) is 0 Å². The van der Waals surface area contributed by atoms with Gasteiger partial charge in [-0.25, -0.2) is 4.98 Å². The lowest BCUT2D eigenvalue weighted by Crippen LogP contribution is -2.26. The van der Waals surface area contributed by atoms with Crippen LogP contribution >= 0.6 is 0 Å². The maximum atomic E-state index is 9.60. The molecule has 25 heavy (non-hydrogen) atoms. The highest BCUT2D eigenvalue weighted by atomic mass is 15.1. The molecule has 5 heteroatoms. The maximum Gasteiger partial charge on any atom is 0.146 e. The van der Waals surface area contributed by atoms with Gasteiger partial charge < -0.3 is 10.6 Å². The van der Waals surface area contributed by atoms with Crippen molar-refractivity contribution in [3.8, 4) is 12.1 Å². The number of anilines is 2. The Morgan fingerprint density at radius 3 is 1.52 bits per heavy atom. The topological polar surface area (TPSA) is 84.5 Å². The fraction of sp³-hybridized carbons (Fsp3) is 0.650. The molecule has 0 radical (unpaired) electrons. The van der Waals surface area contributed by atoms with Crippen molar-refractivity contribution in [1.82, 2.24) is 4.98 Å². The summed E-state index contributed by atoms with van der Waals surface area (Å²) in [4.78, 5) is 4.70. The highest BCUT2D eigenvalue weighted by Gasteiger charge is 2.22. The molecule has 3 rings (SSSR count). The van der Waals surface area contributed by atoms with Gasteiger partial charge in [-0.2, -0.15) is 10.5 Å². The van der Waals surface area contributed by atoms with Crippen LogP contribution in [0.3, 0.4) is 0 Å². The first-order valence-corrected chi connectivity index (χ1v) is 9.60. The molecule has 1 aromatic rings. The molecule has 0 aromatic carbocycles. The van der Waals surface area contributed by atoms with Crippen LogP contribution in [0.4, 0.5) is 11.6 Å². The predicted octanol–water partition coefficient (Wildman–Crippen LogP) is 4.62. The summed E-state index contributed by atoms with van der Waals surface area (Å²) in [5.74, 6) is 1.29. The van der Waals surface area contributed by atoms with Crippen LogP contribution in [0.1, 0.15) is 80.9 Å². The molecule has 1 aromatic heterocycles. The summed E-state index contributed by atoms with van der Waals surface area (Å²) < 4.78 is 0. The number of aromatic nitrogens is 1. The summed E-state index contributed by atoms with van der Waals surface area (Å²) in [7, 11) is 0. The second-order valence-electron chi connectivity index (χ2n) is 7.37. The number of hydrogen-bond acceptors (Lipinski definition) is 5. The number of hydrogen-bond donors (Lipinski definition) is 2. The summed E-state index contributed by atoms with van der Waals surface area (Å²) in [5.41, 5.74) is 1.75. The zero-order valence-corrected chi connectivity index (χ0v) is 15.1. The summed E-state index contributed by atoms with van der Waals surface area (Å²) >= 11 is 0. The quantitative estimate of drug-likeness (QED) is 0.837. The fourth-order valence-corrected chi connectivity index (χ4v) is 4.07. The number of nitriles is 2. The molecular formula is C20H27N5. The van der Waals surface area contributed by atoms with Crippen LogP contribution in [0.25, 0.3) is 0 Å². The van der Waals surface area contributed by atoms with Gasteiger partial charge in [-0.05, 0) is 38.2 Å². The zero-order valence-electron chi connectivity index (χ0n) is 15.1. The van der Waals surface area contributed by atoms with Crippen molar-refractivity contribution < 1.29 is 0 Å². The maximum absolute atomic E-state index is 9.60. The minimum absolute atomic E-state index is 0.378. The van der Waals surface area contributed by atoms with Crippen LogP contribution in [-0.4, -0.2) is 17.1 Å². The van der Waals surface area contributed by atoms with Gasteiger partial charge in [0.15, 0.2) is 0 Å². The van der Waals surface area contributed by atoms with Gasteiger partial charge in [0, 0.05) is 12.1 Å². The first-order chi connectivity index (χ1) is 12.2.